The Hall–Kier alpha value is -1.59. The van der Waals surface area contributed by atoms with Gasteiger partial charge in [-0.15, -0.1) is 0 Å². The smallest absolute Gasteiger partial charge is 0.251 e. The average molecular weight is 360 g/mol. The number of hydrogen-bond acceptors (Lipinski definition) is 4. The molecule has 1 aromatic rings. The molecule has 1 aromatic carbocycles. The van der Waals surface area contributed by atoms with Crippen molar-refractivity contribution in [2.24, 2.45) is 0 Å². The van der Waals surface area contributed by atoms with Crippen LogP contribution >= 0.6 is 0 Å². The summed E-state index contributed by atoms with van der Waals surface area (Å²) in [6.07, 6.45) is 6.15. The molecule has 5 nitrogen and oxygen atoms in total. The summed E-state index contributed by atoms with van der Waals surface area (Å²) < 4.78 is 11.4. The molecule has 0 saturated carbocycles. The minimum absolute atomic E-state index is 0.0238. The van der Waals surface area contributed by atoms with E-state index in [1.54, 1.807) is 0 Å². The van der Waals surface area contributed by atoms with Crippen LogP contribution in [-0.2, 0) is 4.74 Å². The number of carbonyl (C=O) groups excluding carboxylic acids is 1. The Kier molecular flexibility index (Phi) is 6.54. The van der Waals surface area contributed by atoms with Crippen LogP contribution in [0.3, 0.4) is 0 Å². The van der Waals surface area contributed by atoms with Gasteiger partial charge in [-0.05, 0) is 70.8 Å². The van der Waals surface area contributed by atoms with Crippen LogP contribution in [-0.4, -0.2) is 55.3 Å². The fraction of sp³-hybridized carbons (Fsp3) is 0.667. The van der Waals surface area contributed by atoms with Crippen molar-refractivity contribution < 1.29 is 14.3 Å². The van der Waals surface area contributed by atoms with Gasteiger partial charge in [-0.1, -0.05) is 12.5 Å². The van der Waals surface area contributed by atoms with Crippen LogP contribution < -0.4 is 10.1 Å². The van der Waals surface area contributed by atoms with Crippen LogP contribution in [0.15, 0.2) is 24.3 Å². The molecule has 5 heteroatoms. The third kappa shape index (κ3) is 5.21. The van der Waals surface area contributed by atoms with E-state index in [0.717, 1.165) is 38.3 Å². The summed E-state index contributed by atoms with van der Waals surface area (Å²) in [5, 5.41) is 3.10. The molecule has 0 radical (unpaired) electrons. The molecular formula is C21H32N2O3. The Bertz CT molecular complexity index is 591. The largest absolute Gasteiger partial charge is 0.491 e. The second-order valence-electron chi connectivity index (χ2n) is 8.02. The van der Waals surface area contributed by atoms with E-state index in [1.807, 2.05) is 24.3 Å². The number of nitrogens with zero attached hydrogens (tertiary/aromatic N) is 1. The Morgan fingerprint density at radius 2 is 2.08 bits per heavy atom. The van der Waals surface area contributed by atoms with E-state index in [4.69, 9.17) is 9.47 Å². The van der Waals surface area contributed by atoms with Crippen molar-refractivity contribution in [3.63, 3.8) is 0 Å². The predicted octanol–water partition coefficient (Wildman–Crippen LogP) is 3.24. The van der Waals surface area contributed by atoms with Crippen LogP contribution in [0.2, 0.25) is 0 Å². The van der Waals surface area contributed by atoms with Crippen molar-refractivity contribution >= 4 is 5.91 Å². The van der Waals surface area contributed by atoms with Gasteiger partial charge in [0.2, 0.25) is 0 Å². The molecule has 144 valence electrons. The fourth-order valence-corrected chi connectivity index (χ4v) is 3.70. The monoisotopic (exact) mass is 360 g/mol. The lowest BCUT2D eigenvalue weighted by Crippen LogP contribution is -2.53. The van der Waals surface area contributed by atoms with Crippen LogP contribution in [0.5, 0.6) is 5.75 Å². The number of carbonyl (C=O) groups is 1. The van der Waals surface area contributed by atoms with Gasteiger partial charge in [0.15, 0.2) is 0 Å². The Morgan fingerprint density at radius 3 is 2.81 bits per heavy atom. The molecule has 0 aromatic heterocycles. The van der Waals surface area contributed by atoms with Crippen LogP contribution in [0.25, 0.3) is 0 Å². The minimum atomic E-state index is -0.0438. The molecule has 2 aliphatic heterocycles. The maximum atomic E-state index is 12.6. The summed E-state index contributed by atoms with van der Waals surface area (Å²) in [4.78, 5) is 15.1. The lowest BCUT2D eigenvalue weighted by atomic mass is 9.98. The topological polar surface area (TPSA) is 50.8 Å². The molecule has 0 spiro atoms. The summed E-state index contributed by atoms with van der Waals surface area (Å²) in [5.74, 6) is 0.682. The van der Waals surface area contributed by atoms with E-state index < -0.39 is 0 Å². The molecule has 2 fully saturated rings. The van der Waals surface area contributed by atoms with Crippen LogP contribution in [0.4, 0.5) is 0 Å². The summed E-state index contributed by atoms with van der Waals surface area (Å²) in [5.41, 5.74) is 0.619. The van der Waals surface area contributed by atoms with E-state index in [2.05, 4.69) is 24.1 Å². The van der Waals surface area contributed by atoms with Crippen molar-refractivity contribution in [2.75, 3.05) is 32.8 Å². The number of nitrogens with one attached hydrogen (secondary N) is 1. The van der Waals surface area contributed by atoms with E-state index in [0.29, 0.717) is 18.7 Å². The summed E-state index contributed by atoms with van der Waals surface area (Å²) in [6.45, 7) is 8.67. The summed E-state index contributed by atoms with van der Waals surface area (Å²) >= 11 is 0. The molecule has 1 atom stereocenters. The molecular weight excluding hydrogens is 328 g/mol. The molecule has 1 amide bonds. The molecule has 1 N–H and O–H groups in total. The fourth-order valence-electron chi connectivity index (χ4n) is 3.70. The highest BCUT2D eigenvalue weighted by atomic mass is 16.5. The highest BCUT2D eigenvalue weighted by Crippen LogP contribution is 2.21. The molecule has 0 bridgehead atoms. The molecule has 26 heavy (non-hydrogen) atoms. The SMILES string of the molecule is CC(C)(CNC(=O)c1cccc(OCC2CCCO2)c1)N1CCCCC1. The minimum Gasteiger partial charge on any atom is -0.491 e. The van der Waals surface area contributed by atoms with Gasteiger partial charge in [0.25, 0.3) is 5.91 Å². The highest BCUT2D eigenvalue weighted by molar-refractivity contribution is 5.94. The van der Waals surface area contributed by atoms with Crippen molar-refractivity contribution in [3.05, 3.63) is 29.8 Å². The summed E-state index contributed by atoms with van der Waals surface area (Å²) in [7, 11) is 0. The zero-order valence-corrected chi connectivity index (χ0v) is 16.1. The number of ether oxygens (including phenoxy) is 2. The van der Waals surface area contributed by atoms with Crippen LogP contribution in [0, 0.1) is 0 Å². The van der Waals surface area contributed by atoms with E-state index in [-0.39, 0.29) is 17.6 Å². The first kappa shape index (κ1) is 19.2. The van der Waals surface area contributed by atoms with Gasteiger partial charge in [-0.2, -0.15) is 0 Å². The first-order chi connectivity index (χ1) is 12.5. The van der Waals surface area contributed by atoms with E-state index in [9.17, 15) is 4.79 Å². The molecule has 3 rings (SSSR count). The van der Waals surface area contributed by atoms with Gasteiger partial charge in [0.05, 0.1) is 6.10 Å². The number of likely N-dealkylation sites (tertiary alicyclic amines) is 1. The third-order valence-electron chi connectivity index (χ3n) is 5.45. The average Bonchev–Trinajstić information content (AvgIpc) is 3.19. The molecule has 2 saturated heterocycles. The third-order valence-corrected chi connectivity index (χ3v) is 5.45. The van der Waals surface area contributed by atoms with E-state index in [1.165, 1.54) is 19.3 Å². The van der Waals surface area contributed by atoms with Crippen molar-refractivity contribution in [3.8, 4) is 5.75 Å². The zero-order chi connectivity index (χ0) is 18.4. The van der Waals surface area contributed by atoms with Gasteiger partial charge in [-0.25, -0.2) is 0 Å². The lowest BCUT2D eigenvalue weighted by Gasteiger charge is -2.41. The number of benzene rings is 1. The molecule has 1 unspecified atom stereocenters. The Labute approximate surface area is 157 Å². The van der Waals surface area contributed by atoms with Crippen molar-refractivity contribution in [1.82, 2.24) is 10.2 Å². The van der Waals surface area contributed by atoms with Crippen molar-refractivity contribution in [1.29, 1.82) is 0 Å². The first-order valence-corrected chi connectivity index (χ1v) is 9.92. The number of hydrogen-bond donors (Lipinski definition) is 1. The predicted molar refractivity (Wildman–Crippen MR) is 103 cm³/mol. The van der Waals surface area contributed by atoms with Gasteiger partial charge < -0.3 is 14.8 Å². The maximum Gasteiger partial charge on any atom is 0.251 e. The normalized spacial score (nSPS) is 21.5. The van der Waals surface area contributed by atoms with Gasteiger partial charge in [-0.3, -0.25) is 9.69 Å². The highest BCUT2D eigenvalue weighted by Gasteiger charge is 2.28. The van der Waals surface area contributed by atoms with Crippen LogP contribution in [0.1, 0.15) is 56.3 Å². The molecule has 2 aliphatic rings. The van der Waals surface area contributed by atoms with Crippen molar-refractivity contribution in [2.45, 2.75) is 57.6 Å². The number of amides is 1. The standard InChI is InChI=1S/C21H32N2O3/c1-21(2,23-11-4-3-5-12-23)16-22-20(24)17-8-6-9-18(14-17)26-15-19-10-7-13-25-19/h6,8-9,14,19H,3-5,7,10-13,15-16H2,1-2H3,(H,22,24). The Morgan fingerprint density at radius 1 is 1.27 bits per heavy atom. The molecule has 0 aliphatic carbocycles. The summed E-state index contributed by atoms with van der Waals surface area (Å²) in [6, 6.07) is 7.42. The zero-order valence-electron chi connectivity index (χ0n) is 16.1. The van der Waals surface area contributed by atoms with E-state index >= 15 is 0 Å². The van der Waals surface area contributed by atoms with Gasteiger partial charge >= 0.3 is 0 Å². The number of piperidine rings is 1. The maximum absolute atomic E-state index is 12.6. The second-order valence-corrected chi connectivity index (χ2v) is 8.02. The Balaban J connectivity index is 1.51. The number of rotatable bonds is 7. The molecule has 2 heterocycles. The quantitative estimate of drug-likeness (QED) is 0.811. The van der Waals surface area contributed by atoms with Gasteiger partial charge in [0, 0.05) is 24.3 Å². The first-order valence-electron chi connectivity index (χ1n) is 9.92. The van der Waals surface area contributed by atoms with Gasteiger partial charge in [0.1, 0.15) is 12.4 Å². The lowest BCUT2D eigenvalue weighted by molar-refractivity contribution is 0.0678. The second kappa shape index (κ2) is 8.87.